The van der Waals surface area contributed by atoms with Crippen molar-refractivity contribution in [2.75, 3.05) is 0 Å². The van der Waals surface area contributed by atoms with Gasteiger partial charge in [0.2, 0.25) is 0 Å². The van der Waals surface area contributed by atoms with Crippen LogP contribution in [0.25, 0.3) is 0 Å². The molecule has 0 N–H and O–H groups in total. The fourth-order valence-corrected chi connectivity index (χ4v) is 7.41. The second-order valence-electron chi connectivity index (χ2n) is 11.8. The standard InChI is InChI=1S/C36H40F6S/c1-3-11-27-19-23-31(35(37,38)39)29(21-17-25-13-7-5-8-14-25)33(27)43-34-28(12-4-2)20-24-32(36(40,41)42)30(34)22-18-26-15-9-6-10-16-26/h19-20,23-26H,3-16H2,1-2H3. The van der Waals surface area contributed by atoms with E-state index in [0.717, 1.165) is 88.1 Å². The fourth-order valence-electron chi connectivity index (χ4n) is 6.08. The van der Waals surface area contributed by atoms with Crippen molar-refractivity contribution >= 4 is 11.8 Å². The lowest BCUT2D eigenvalue weighted by atomic mass is 9.89. The third kappa shape index (κ3) is 8.78. The molecule has 7 heteroatoms. The first-order valence-corrected chi connectivity index (χ1v) is 16.5. The first kappa shape index (κ1) is 33.4. The summed E-state index contributed by atoms with van der Waals surface area (Å²) in [6, 6.07) is 5.12. The Bertz CT molecular complexity index is 1260. The first-order chi connectivity index (χ1) is 20.5. The van der Waals surface area contributed by atoms with Crippen molar-refractivity contribution in [1.29, 1.82) is 0 Å². The molecular weight excluding hydrogens is 578 g/mol. The van der Waals surface area contributed by atoms with E-state index in [1.807, 2.05) is 13.8 Å². The van der Waals surface area contributed by atoms with E-state index in [2.05, 4.69) is 23.7 Å². The molecule has 0 aromatic heterocycles. The highest BCUT2D eigenvalue weighted by Crippen LogP contribution is 2.45. The van der Waals surface area contributed by atoms with Crippen LogP contribution in [0.4, 0.5) is 26.3 Å². The first-order valence-electron chi connectivity index (χ1n) is 15.7. The van der Waals surface area contributed by atoms with E-state index in [1.165, 1.54) is 12.1 Å². The van der Waals surface area contributed by atoms with Gasteiger partial charge in [0, 0.05) is 21.6 Å². The summed E-state index contributed by atoms with van der Waals surface area (Å²) >= 11 is 1.00. The normalized spacial score (nSPS) is 16.7. The zero-order valence-corrected chi connectivity index (χ0v) is 25.9. The average molecular weight is 619 g/mol. The third-order valence-electron chi connectivity index (χ3n) is 8.34. The maximum atomic E-state index is 14.4. The SMILES string of the molecule is CCCc1ccc(C(F)(F)F)c(C#CC2CCCCC2)c1Sc1c(CCC)ccc(C(F)(F)F)c1C#CC1CCCCC1. The highest BCUT2D eigenvalue weighted by molar-refractivity contribution is 7.99. The van der Waals surface area contributed by atoms with Crippen LogP contribution >= 0.6 is 11.8 Å². The number of alkyl halides is 6. The predicted octanol–water partition coefficient (Wildman–Crippen LogP) is 11.6. The Morgan fingerprint density at radius 3 is 1.30 bits per heavy atom. The van der Waals surface area contributed by atoms with Crippen LogP contribution in [0.5, 0.6) is 0 Å². The molecule has 2 aromatic rings. The van der Waals surface area contributed by atoms with Crippen molar-refractivity contribution in [2.24, 2.45) is 11.8 Å². The number of halogens is 6. The van der Waals surface area contributed by atoms with E-state index in [-0.39, 0.29) is 23.0 Å². The zero-order valence-electron chi connectivity index (χ0n) is 25.0. The molecule has 0 bridgehead atoms. The van der Waals surface area contributed by atoms with Crippen LogP contribution in [0.1, 0.15) is 124 Å². The maximum Gasteiger partial charge on any atom is 0.417 e. The van der Waals surface area contributed by atoms with E-state index in [9.17, 15) is 26.3 Å². The molecule has 0 aliphatic heterocycles. The molecule has 0 unspecified atom stereocenters. The van der Waals surface area contributed by atoms with Gasteiger partial charge in [-0.3, -0.25) is 0 Å². The summed E-state index contributed by atoms with van der Waals surface area (Å²) in [4.78, 5) is 0.606. The minimum Gasteiger partial charge on any atom is -0.166 e. The molecule has 4 rings (SSSR count). The molecule has 2 aromatic carbocycles. The molecule has 232 valence electrons. The lowest BCUT2D eigenvalue weighted by molar-refractivity contribution is -0.138. The van der Waals surface area contributed by atoms with Crippen LogP contribution in [0.15, 0.2) is 34.1 Å². The van der Waals surface area contributed by atoms with Gasteiger partial charge >= 0.3 is 12.4 Å². The van der Waals surface area contributed by atoms with Gasteiger partial charge < -0.3 is 0 Å². The van der Waals surface area contributed by atoms with Crippen LogP contribution in [-0.2, 0) is 25.2 Å². The highest BCUT2D eigenvalue weighted by Gasteiger charge is 2.37. The summed E-state index contributed by atoms with van der Waals surface area (Å²) in [5.74, 6) is 12.2. The number of rotatable bonds is 6. The Hall–Kier alpha value is -2.51. The topological polar surface area (TPSA) is 0 Å². The lowest BCUT2D eigenvalue weighted by Gasteiger charge is -2.21. The van der Waals surface area contributed by atoms with Crippen molar-refractivity contribution in [3.8, 4) is 23.7 Å². The third-order valence-corrected chi connectivity index (χ3v) is 9.69. The Morgan fingerprint density at radius 2 is 0.977 bits per heavy atom. The second kappa shape index (κ2) is 15.0. The van der Waals surface area contributed by atoms with Gasteiger partial charge in [-0.05, 0) is 61.8 Å². The molecule has 43 heavy (non-hydrogen) atoms. The van der Waals surface area contributed by atoms with Crippen LogP contribution in [0.3, 0.4) is 0 Å². The van der Waals surface area contributed by atoms with Gasteiger partial charge in [0.1, 0.15) is 0 Å². The van der Waals surface area contributed by atoms with Gasteiger partial charge in [-0.1, -0.05) is 113 Å². The molecule has 0 saturated heterocycles. The predicted molar refractivity (Wildman–Crippen MR) is 162 cm³/mol. The Kier molecular flexibility index (Phi) is 11.6. The molecule has 0 amide bonds. The zero-order chi connectivity index (χ0) is 31.0. The Balaban J connectivity index is 1.96. The van der Waals surface area contributed by atoms with Gasteiger partial charge in [-0.25, -0.2) is 0 Å². The molecule has 0 heterocycles. The van der Waals surface area contributed by atoms with E-state index in [4.69, 9.17) is 0 Å². The Labute approximate surface area is 256 Å². The number of benzene rings is 2. The monoisotopic (exact) mass is 618 g/mol. The quantitative estimate of drug-likeness (QED) is 0.229. The van der Waals surface area contributed by atoms with Crippen LogP contribution in [0, 0.1) is 35.5 Å². The smallest absolute Gasteiger partial charge is 0.166 e. The molecule has 2 fully saturated rings. The van der Waals surface area contributed by atoms with Crippen molar-refractivity contribution < 1.29 is 26.3 Å². The summed E-state index contributed by atoms with van der Waals surface area (Å²) in [6.45, 7) is 3.88. The van der Waals surface area contributed by atoms with Gasteiger partial charge in [0.05, 0.1) is 22.3 Å². The van der Waals surface area contributed by atoms with Crippen molar-refractivity contribution in [3.05, 3.63) is 57.6 Å². The number of aryl methyl sites for hydroxylation is 2. The Morgan fingerprint density at radius 1 is 0.605 bits per heavy atom. The maximum absolute atomic E-state index is 14.4. The largest absolute Gasteiger partial charge is 0.417 e. The summed E-state index contributed by atoms with van der Waals surface area (Å²) in [6.07, 6.45) is 2.59. The molecule has 2 aliphatic rings. The molecule has 0 radical (unpaired) electrons. The molecule has 0 nitrogen and oxygen atoms in total. The van der Waals surface area contributed by atoms with Crippen molar-refractivity contribution in [2.45, 2.75) is 126 Å². The molecular formula is C36H40F6S. The van der Waals surface area contributed by atoms with E-state index in [1.54, 1.807) is 0 Å². The van der Waals surface area contributed by atoms with Gasteiger partial charge in [-0.15, -0.1) is 0 Å². The fraction of sp³-hybridized carbons (Fsp3) is 0.556. The lowest BCUT2D eigenvalue weighted by Crippen LogP contribution is -2.12. The number of hydrogen-bond acceptors (Lipinski definition) is 1. The second-order valence-corrected chi connectivity index (χ2v) is 12.8. The number of hydrogen-bond donors (Lipinski definition) is 0. The van der Waals surface area contributed by atoms with Crippen molar-refractivity contribution in [1.82, 2.24) is 0 Å². The summed E-state index contributed by atoms with van der Waals surface area (Å²) in [5, 5.41) is 0. The minimum absolute atomic E-state index is 0.0173. The van der Waals surface area contributed by atoms with Gasteiger partial charge in [-0.2, -0.15) is 26.3 Å². The van der Waals surface area contributed by atoms with Crippen LogP contribution < -0.4 is 0 Å². The van der Waals surface area contributed by atoms with Gasteiger partial charge in [0.25, 0.3) is 0 Å². The van der Waals surface area contributed by atoms with E-state index in [0.29, 0.717) is 46.6 Å². The summed E-state index contributed by atoms with van der Waals surface area (Å²) in [5.41, 5.74) is -0.590. The van der Waals surface area contributed by atoms with Crippen molar-refractivity contribution in [3.63, 3.8) is 0 Å². The molecule has 2 saturated carbocycles. The molecule has 0 atom stereocenters. The van der Waals surface area contributed by atoms with E-state index < -0.39 is 23.5 Å². The van der Waals surface area contributed by atoms with Crippen LogP contribution in [0.2, 0.25) is 0 Å². The average Bonchev–Trinajstić information content (AvgIpc) is 2.97. The van der Waals surface area contributed by atoms with E-state index >= 15 is 0 Å². The minimum atomic E-state index is -4.65. The summed E-state index contributed by atoms with van der Waals surface area (Å²) in [7, 11) is 0. The van der Waals surface area contributed by atoms with Crippen LogP contribution in [-0.4, -0.2) is 0 Å². The molecule has 0 spiro atoms. The summed E-state index contributed by atoms with van der Waals surface area (Å²) < 4.78 is 86.6. The highest BCUT2D eigenvalue weighted by atomic mass is 32.2. The molecule has 2 aliphatic carbocycles. The van der Waals surface area contributed by atoms with Gasteiger partial charge in [0.15, 0.2) is 0 Å².